The van der Waals surface area contributed by atoms with Crippen LogP contribution in [0.15, 0.2) is 29.3 Å². The Kier molecular flexibility index (Phi) is 5.10. The van der Waals surface area contributed by atoms with Gasteiger partial charge < -0.3 is 4.74 Å². The Labute approximate surface area is 178 Å². The maximum absolute atomic E-state index is 12.4. The molecule has 0 aliphatic heterocycles. The molecule has 8 heteroatoms. The molecule has 4 aliphatic carbocycles. The zero-order chi connectivity index (χ0) is 21.7. The van der Waals surface area contributed by atoms with Crippen molar-refractivity contribution < 1.29 is 13.2 Å². The highest BCUT2D eigenvalue weighted by atomic mass is 32.2. The average molecular weight is 431 g/mol. The van der Waals surface area contributed by atoms with Crippen molar-refractivity contribution >= 4 is 15.9 Å². The Balaban J connectivity index is 1.63. The fraction of sp³-hybridized carbons (Fsp3) is 0.636. The highest BCUT2D eigenvalue weighted by Gasteiger charge is 2.60. The van der Waals surface area contributed by atoms with Crippen molar-refractivity contribution in [2.75, 3.05) is 0 Å². The number of nitrogens with two attached hydrogens (primary N) is 1. The van der Waals surface area contributed by atoms with Gasteiger partial charge in [-0.15, -0.1) is 0 Å². The molecule has 0 heterocycles. The number of amidine groups is 1. The lowest BCUT2D eigenvalue weighted by atomic mass is 9.54. The molecule has 2 atom stereocenters. The molecule has 162 valence electrons. The summed E-state index contributed by atoms with van der Waals surface area (Å²) in [6.45, 7) is 5.76. The van der Waals surface area contributed by atoms with Crippen LogP contribution in [-0.4, -0.2) is 30.6 Å². The second-order valence-corrected chi connectivity index (χ2v) is 11.7. The van der Waals surface area contributed by atoms with Gasteiger partial charge in [-0.05, 0) is 82.3 Å². The summed E-state index contributed by atoms with van der Waals surface area (Å²) in [6.07, 6.45) is 5.75. The number of nitrogens with zero attached hydrogens (tertiary/aromatic N) is 2. The highest BCUT2D eigenvalue weighted by molar-refractivity contribution is 7.90. The molecular formula is C22H30N4O3S. The summed E-state index contributed by atoms with van der Waals surface area (Å²) in [6, 6.07) is 7.72. The van der Waals surface area contributed by atoms with E-state index in [1.54, 1.807) is 0 Å². The van der Waals surface area contributed by atoms with Crippen molar-refractivity contribution in [2.45, 2.75) is 69.3 Å². The molecule has 4 fully saturated rings. The van der Waals surface area contributed by atoms with Crippen molar-refractivity contribution in [1.29, 1.82) is 5.26 Å². The van der Waals surface area contributed by atoms with Crippen LogP contribution in [0.25, 0.3) is 0 Å². The summed E-state index contributed by atoms with van der Waals surface area (Å²) < 4.78 is 30.2. The third-order valence-corrected chi connectivity index (χ3v) is 8.96. The molecule has 2 unspecified atom stereocenters. The highest BCUT2D eigenvalue weighted by Crippen LogP contribution is 2.59. The molecule has 7 nitrogen and oxygen atoms in total. The molecular weight excluding hydrogens is 400 g/mol. The first-order valence-corrected chi connectivity index (χ1v) is 12.1. The molecule has 4 bridgehead atoms. The number of sulfonamides is 1. The second-order valence-electron chi connectivity index (χ2n) is 9.78. The van der Waals surface area contributed by atoms with E-state index in [0.717, 1.165) is 24.2 Å². The molecule has 0 radical (unpaired) electrons. The van der Waals surface area contributed by atoms with E-state index in [1.807, 2.05) is 51.2 Å². The summed E-state index contributed by atoms with van der Waals surface area (Å²) in [5.41, 5.74) is 0.167. The molecule has 1 aromatic carbocycles. The van der Waals surface area contributed by atoms with Crippen LogP contribution < -0.4 is 15.2 Å². The number of aryl methyl sites for hydroxylation is 1. The summed E-state index contributed by atoms with van der Waals surface area (Å²) in [4.78, 5) is 5.00. The first-order chi connectivity index (χ1) is 14.0. The smallest absolute Gasteiger partial charge is 0.214 e. The number of rotatable bonds is 5. The van der Waals surface area contributed by atoms with Gasteiger partial charge in [-0.3, -0.25) is 10.3 Å². The van der Waals surface area contributed by atoms with Crippen molar-refractivity contribution in [3.05, 3.63) is 29.8 Å². The Hall–Kier alpha value is -2.11. The largest absolute Gasteiger partial charge is 0.480 e. The Bertz CT molecular complexity index is 995. The Morgan fingerprint density at radius 3 is 2.47 bits per heavy atom. The van der Waals surface area contributed by atoms with Gasteiger partial charge in [0.2, 0.25) is 10.0 Å². The molecule has 4 aliphatic rings. The Morgan fingerprint density at radius 2 is 1.90 bits per heavy atom. The molecule has 0 saturated heterocycles. The van der Waals surface area contributed by atoms with Gasteiger partial charge in [-0.1, -0.05) is 18.2 Å². The van der Waals surface area contributed by atoms with Crippen molar-refractivity contribution in [1.82, 2.24) is 5.32 Å². The maximum Gasteiger partial charge on any atom is 0.214 e. The molecule has 1 aromatic rings. The van der Waals surface area contributed by atoms with Gasteiger partial charge in [-0.25, -0.2) is 13.6 Å². The minimum absolute atomic E-state index is 0.0213. The minimum Gasteiger partial charge on any atom is -0.480 e. The van der Waals surface area contributed by atoms with Gasteiger partial charge in [0.25, 0.3) is 0 Å². The van der Waals surface area contributed by atoms with E-state index in [0.29, 0.717) is 31.0 Å². The summed E-state index contributed by atoms with van der Waals surface area (Å²) in [5, 5.41) is 17.8. The standard InChI is InChI=1S/C22H30N4O3S/c1-14-6-4-5-7-18(14)29-21(2,3)20(25-13-23)26-19-16-8-15-9-17(19)12-22(10-15,11-16)30(24,27)28/h4-7,15-17,19H,8-12H2,1-3H3,(H,25,26)(H2,24,27,28). The van der Waals surface area contributed by atoms with Crippen LogP contribution in [-0.2, 0) is 10.0 Å². The fourth-order valence-corrected chi connectivity index (χ4v) is 7.38. The first-order valence-electron chi connectivity index (χ1n) is 10.5. The van der Waals surface area contributed by atoms with Crippen LogP contribution in [0.2, 0.25) is 0 Å². The van der Waals surface area contributed by atoms with E-state index in [-0.39, 0.29) is 17.9 Å². The van der Waals surface area contributed by atoms with Gasteiger partial charge in [0.05, 0.1) is 10.8 Å². The van der Waals surface area contributed by atoms with Crippen LogP contribution in [0.1, 0.15) is 51.5 Å². The summed E-state index contributed by atoms with van der Waals surface area (Å²) >= 11 is 0. The molecule has 0 aromatic heterocycles. The van der Waals surface area contributed by atoms with E-state index in [2.05, 4.69) is 5.32 Å². The predicted molar refractivity (Wildman–Crippen MR) is 115 cm³/mol. The number of hydrogen-bond donors (Lipinski definition) is 2. The van der Waals surface area contributed by atoms with E-state index in [1.165, 1.54) is 0 Å². The molecule has 5 rings (SSSR count). The SMILES string of the molecule is Cc1ccccc1OC(C)(C)C(=NC1C2CC3CC1CC(S(N)(=O)=O)(C3)C2)NC#N. The molecule has 4 saturated carbocycles. The van der Waals surface area contributed by atoms with Crippen molar-refractivity contribution in [3.63, 3.8) is 0 Å². The number of nitriles is 1. The summed E-state index contributed by atoms with van der Waals surface area (Å²) in [5.74, 6) is 1.96. The van der Waals surface area contributed by atoms with Gasteiger partial charge in [0.15, 0.2) is 17.6 Å². The maximum atomic E-state index is 12.4. The first kappa shape index (κ1) is 21.1. The quantitative estimate of drug-likeness (QED) is 0.322. The third-order valence-electron chi connectivity index (χ3n) is 7.25. The van der Waals surface area contributed by atoms with Gasteiger partial charge in [-0.2, -0.15) is 5.26 Å². The van der Waals surface area contributed by atoms with Crippen LogP contribution in [0.5, 0.6) is 5.75 Å². The molecule has 3 N–H and O–H groups in total. The van der Waals surface area contributed by atoms with E-state index in [9.17, 15) is 13.7 Å². The van der Waals surface area contributed by atoms with E-state index >= 15 is 0 Å². The van der Waals surface area contributed by atoms with Crippen LogP contribution >= 0.6 is 0 Å². The number of hydrogen-bond acceptors (Lipinski definition) is 5. The predicted octanol–water partition coefficient (Wildman–Crippen LogP) is 2.86. The molecule has 30 heavy (non-hydrogen) atoms. The normalized spacial score (nSPS) is 33.2. The van der Waals surface area contributed by atoms with Crippen molar-refractivity contribution in [3.8, 4) is 11.9 Å². The monoisotopic (exact) mass is 430 g/mol. The zero-order valence-corrected chi connectivity index (χ0v) is 18.6. The number of para-hydroxylation sites is 1. The molecule has 0 amide bonds. The van der Waals surface area contributed by atoms with Crippen LogP contribution in [0.4, 0.5) is 0 Å². The van der Waals surface area contributed by atoms with E-state index in [4.69, 9.17) is 14.9 Å². The van der Waals surface area contributed by atoms with Gasteiger partial charge in [0.1, 0.15) is 5.75 Å². The fourth-order valence-electron chi connectivity index (χ4n) is 6.02. The number of nitrogens with one attached hydrogen (secondary N) is 1. The molecule has 0 spiro atoms. The number of benzene rings is 1. The van der Waals surface area contributed by atoms with E-state index < -0.39 is 20.4 Å². The third kappa shape index (κ3) is 3.58. The second kappa shape index (κ2) is 7.24. The number of aliphatic imine (C=N–C) groups is 1. The lowest BCUT2D eigenvalue weighted by Crippen LogP contribution is -2.61. The van der Waals surface area contributed by atoms with Gasteiger partial charge >= 0.3 is 0 Å². The number of primary sulfonamides is 1. The van der Waals surface area contributed by atoms with Crippen molar-refractivity contribution in [2.24, 2.45) is 27.9 Å². The van der Waals surface area contributed by atoms with Crippen LogP contribution in [0, 0.1) is 36.1 Å². The zero-order valence-electron chi connectivity index (χ0n) is 17.8. The number of ether oxygens (including phenoxy) is 1. The summed E-state index contributed by atoms with van der Waals surface area (Å²) in [7, 11) is -3.60. The Morgan fingerprint density at radius 1 is 1.27 bits per heavy atom. The van der Waals surface area contributed by atoms with Gasteiger partial charge in [0, 0.05) is 0 Å². The lowest BCUT2D eigenvalue weighted by molar-refractivity contribution is 0.0138. The average Bonchev–Trinajstić information content (AvgIpc) is 2.64. The minimum atomic E-state index is -3.60. The van der Waals surface area contributed by atoms with Crippen LogP contribution in [0.3, 0.4) is 0 Å². The topological polar surface area (TPSA) is 118 Å². The lowest BCUT2D eigenvalue weighted by Gasteiger charge is -2.57.